The Morgan fingerprint density at radius 3 is 2.60 bits per heavy atom. The predicted molar refractivity (Wildman–Crippen MR) is 105 cm³/mol. The summed E-state index contributed by atoms with van der Waals surface area (Å²) in [6.45, 7) is 0. The van der Waals surface area contributed by atoms with Crippen LogP contribution in [0.1, 0.15) is 21.5 Å². The van der Waals surface area contributed by atoms with Gasteiger partial charge >= 0.3 is 6.18 Å². The molecule has 0 amide bonds. The zero-order valence-electron chi connectivity index (χ0n) is 15.3. The van der Waals surface area contributed by atoms with E-state index in [0.29, 0.717) is 10.9 Å². The molecule has 2 aromatic carbocycles. The number of aromatic nitrogens is 1. The molecule has 1 heterocycles. The number of ketones is 1. The van der Waals surface area contributed by atoms with Gasteiger partial charge in [0.25, 0.3) is 0 Å². The lowest BCUT2D eigenvalue weighted by atomic mass is 10.0. The third kappa shape index (κ3) is 3.84. The molecule has 0 aliphatic rings. The first kappa shape index (κ1) is 20.9. The highest BCUT2D eigenvalue weighted by atomic mass is 35.5. The van der Waals surface area contributed by atoms with E-state index in [4.69, 9.17) is 11.6 Å². The van der Waals surface area contributed by atoms with E-state index >= 15 is 0 Å². The third-order valence-electron chi connectivity index (χ3n) is 4.27. The molecule has 10 heteroatoms. The average Bonchev–Trinajstić information content (AvgIpc) is 3.05. The maximum Gasteiger partial charge on any atom is 0.417 e. The summed E-state index contributed by atoms with van der Waals surface area (Å²) in [5, 5.41) is 22.2. The highest BCUT2D eigenvalue weighted by Crippen LogP contribution is 2.36. The molecule has 0 bridgehead atoms. The molecule has 0 saturated heterocycles. The van der Waals surface area contributed by atoms with Gasteiger partial charge in [-0.3, -0.25) is 10.2 Å². The predicted octanol–water partition coefficient (Wildman–Crippen LogP) is 4.90. The van der Waals surface area contributed by atoms with Crippen LogP contribution in [0.3, 0.4) is 0 Å². The Bertz CT molecular complexity index is 1280. The third-order valence-corrected chi connectivity index (χ3v) is 4.60. The Kier molecular flexibility index (Phi) is 5.50. The Morgan fingerprint density at radius 1 is 1.23 bits per heavy atom. The van der Waals surface area contributed by atoms with E-state index in [-0.39, 0.29) is 16.8 Å². The van der Waals surface area contributed by atoms with Gasteiger partial charge in [0.2, 0.25) is 11.5 Å². The quantitative estimate of drug-likeness (QED) is 0.362. The van der Waals surface area contributed by atoms with Gasteiger partial charge in [-0.15, -0.1) is 0 Å². The summed E-state index contributed by atoms with van der Waals surface area (Å²) in [4.78, 5) is 12.9. The van der Waals surface area contributed by atoms with Gasteiger partial charge in [-0.1, -0.05) is 17.7 Å². The number of carbonyl (C=O) groups excluding carboxylic acids is 1. The Labute approximate surface area is 173 Å². The summed E-state index contributed by atoms with van der Waals surface area (Å²) >= 11 is 5.57. The molecule has 150 valence electrons. The number of halogens is 4. The number of nitrogens with one attached hydrogen (secondary N) is 1. The summed E-state index contributed by atoms with van der Waals surface area (Å²) in [5.41, 5.74) is 1.44. The van der Waals surface area contributed by atoms with Crippen molar-refractivity contribution in [2.75, 3.05) is 5.43 Å². The average molecular weight is 430 g/mol. The van der Waals surface area contributed by atoms with Crippen LogP contribution in [0.4, 0.5) is 18.9 Å². The highest BCUT2D eigenvalue weighted by molar-refractivity contribution is 6.53. The van der Waals surface area contributed by atoms with Crippen LogP contribution in [0.15, 0.2) is 47.7 Å². The highest BCUT2D eigenvalue weighted by Gasteiger charge is 2.33. The van der Waals surface area contributed by atoms with Crippen LogP contribution in [0.2, 0.25) is 5.02 Å². The maximum atomic E-state index is 13.0. The minimum atomic E-state index is -4.68. The van der Waals surface area contributed by atoms with Crippen LogP contribution in [0.25, 0.3) is 10.9 Å². The fraction of sp³-hybridized carbons (Fsp3) is 0.100. The number of benzene rings is 2. The largest absolute Gasteiger partial charge is 0.417 e. The summed E-state index contributed by atoms with van der Waals surface area (Å²) in [5.74, 6) is -0.775. The summed E-state index contributed by atoms with van der Waals surface area (Å²) in [6.07, 6.45) is -3.21. The monoisotopic (exact) mass is 429 g/mol. The van der Waals surface area contributed by atoms with Gasteiger partial charge in [0, 0.05) is 24.1 Å². The minimum absolute atomic E-state index is 0.0823. The van der Waals surface area contributed by atoms with Gasteiger partial charge in [-0.05, 0) is 30.3 Å². The molecule has 3 rings (SSSR count). The molecule has 0 radical (unpaired) electrons. The Morgan fingerprint density at radius 2 is 1.97 bits per heavy atom. The molecule has 1 N–H and O–H groups in total. The van der Waals surface area contributed by atoms with E-state index in [1.54, 1.807) is 29.8 Å². The molecule has 0 aliphatic heterocycles. The standard InChI is InChI=1S/C20H11ClF3N5O/c1-29-10-13(18-11(8-25)3-2-4-17(18)29)19(30)16(9-26)28-27-12-5-6-15(21)14(7-12)20(22,23)24/h2-7,10,27H,1H3/b28-16+. The Hall–Kier alpha value is -3.82. The van der Waals surface area contributed by atoms with Gasteiger partial charge in [0.15, 0.2) is 0 Å². The van der Waals surface area contributed by atoms with Gasteiger partial charge in [-0.25, -0.2) is 0 Å². The molecule has 0 aliphatic carbocycles. The van der Waals surface area contributed by atoms with E-state index in [0.717, 1.165) is 12.1 Å². The molecule has 30 heavy (non-hydrogen) atoms. The maximum absolute atomic E-state index is 13.0. The van der Waals surface area contributed by atoms with E-state index in [1.807, 2.05) is 6.07 Å². The number of anilines is 1. The second kappa shape index (κ2) is 7.90. The molecular formula is C20H11ClF3N5O. The number of Topliss-reactive ketones (excluding diaryl/α,β-unsaturated/α-hetero) is 1. The topological polar surface area (TPSA) is 94.0 Å². The zero-order valence-corrected chi connectivity index (χ0v) is 16.0. The first-order valence-electron chi connectivity index (χ1n) is 8.30. The number of carbonyl (C=O) groups is 1. The number of hydrogen-bond donors (Lipinski definition) is 1. The Balaban J connectivity index is 1.99. The molecule has 0 fully saturated rings. The summed E-state index contributed by atoms with van der Waals surface area (Å²) < 4.78 is 40.6. The van der Waals surface area contributed by atoms with Gasteiger partial charge < -0.3 is 4.57 Å². The van der Waals surface area contributed by atoms with Gasteiger partial charge in [0.1, 0.15) is 6.07 Å². The number of hydrazone groups is 1. The fourth-order valence-corrected chi connectivity index (χ4v) is 3.12. The smallest absolute Gasteiger partial charge is 0.350 e. The van der Waals surface area contributed by atoms with Crippen molar-refractivity contribution < 1.29 is 18.0 Å². The van der Waals surface area contributed by atoms with Crippen molar-refractivity contribution >= 4 is 39.7 Å². The van der Waals surface area contributed by atoms with Crippen molar-refractivity contribution in [2.24, 2.45) is 12.1 Å². The second-order valence-corrected chi connectivity index (χ2v) is 6.58. The first-order valence-corrected chi connectivity index (χ1v) is 8.68. The zero-order chi connectivity index (χ0) is 22.1. The normalized spacial score (nSPS) is 11.8. The van der Waals surface area contributed by atoms with E-state index in [2.05, 4.69) is 10.5 Å². The van der Waals surface area contributed by atoms with Crippen molar-refractivity contribution in [2.45, 2.75) is 6.18 Å². The molecule has 0 atom stereocenters. The fourth-order valence-electron chi connectivity index (χ4n) is 2.90. The van der Waals surface area contributed by atoms with Crippen molar-refractivity contribution in [1.29, 1.82) is 10.5 Å². The number of nitriles is 2. The first-order chi connectivity index (χ1) is 14.2. The minimum Gasteiger partial charge on any atom is -0.350 e. The van der Waals surface area contributed by atoms with Gasteiger partial charge in [0.05, 0.1) is 33.5 Å². The number of aryl methyl sites for hydroxylation is 1. The van der Waals surface area contributed by atoms with E-state index in [9.17, 15) is 28.5 Å². The van der Waals surface area contributed by atoms with E-state index in [1.165, 1.54) is 18.3 Å². The summed E-state index contributed by atoms with van der Waals surface area (Å²) in [7, 11) is 1.67. The van der Waals surface area contributed by atoms with Crippen LogP contribution in [-0.2, 0) is 13.2 Å². The number of rotatable bonds is 4. The van der Waals surface area contributed by atoms with Crippen LogP contribution < -0.4 is 5.43 Å². The lowest BCUT2D eigenvalue weighted by Gasteiger charge is -2.10. The summed E-state index contributed by atoms with van der Waals surface area (Å²) in [6, 6.07) is 11.5. The number of nitrogens with zero attached hydrogens (tertiary/aromatic N) is 4. The molecule has 3 aromatic rings. The number of alkyl halides is 3. The number of hydrogen-bond acceptors (Lipinski definition) is 5. The molecule has 0 spiro atoms. The van der Waals surface area contributed by atoms with Crippen LogP contribution >= 0.6 is 11.6 Å². The van der Waals surface area contributed by atoms with Gasteiger partial charge in [-0.2, -0.15) is 28.8 Å². The van der Waals surface area contributed by atoms with Crippen LogP contribution in [0, 0.1) is 22.7 Å². The van der Waals surface area contributed by atoms with Crippen LogP contribution in [0.5, 0.6) is 0 Å². The number of fused-ring (bicyclic) bond motifs is 1. The van der Waals surface area contributed by atoms with Crippen molar-refractivity contribution in [3.8, 4) is 12.1 Å². The molecule has 0 unspecified atom stereocenters. The lowest BCUT2D eigenvalue weighted by Crippen LogP contribution is -2.14. The molecule has 1 aromatic heterocycles. The SMILES string of the molecule is Cn1cc(C(=O)/C(C#N)=N/Nc2ccc(Cl)c(C(F)(F)F)c2)c2c(C#N)cccc21. The molecule has 0 saturated carbocycles. The van der Waals surface area contributed by atoms with Crippen molar-refractivity contribution in [3.63, 3.8) is 0 Å². The van der Waals surface area contributed by atoms with Crippen LogP contribution in [-0.4, -0.2) is 16.1 Å². The molecule has 6 nitrogen and oxygen atoms in total. The second-order valence-electron chi connectivity index (χ2n) is 6.17. The lowest BCUT2D eigenvalue weighted by molar-refractivity contribution is -0.137. The van der Waals surface area contributed by atoms with E-state index < -0.39 is 28.3 Å². The molecular weight excluding hydrogens is 419 g/mol. The van der Waals surface area contributed by atoms with Crippen molar-refractivity contribution in [3.05, 3.63) is 64.3 Å². The van der Waals surface area contributed by atoms with Crippen molar-refractivity contribution in [1.82, 2.24) is 4.57 Å².